The molecule has 0 saturated carbocycles. The normalized spacial score (nSPS) is 10.5. The Morgan fingerprint density at radius 3 is 2.76 bits per heavy atom. The molecule has 3 aromatic rings. The summed E-state index contributed by atoms with van der Waals surface area (Å²) in [7, 11) is 3.17. The number of oxazole rings is 1. The van der Waals surface area contributed by atoms with Crippen molar-refractivity contribution in [2.45, 2.75) is 13.5 Å². The number of carbonyl (C=O) groups excluding carboxylic acids is 1. The van der Waals surface area contributed by atoms with E-state index < -0.39 is 0 Å². The van der Waals surface area contributed by atoms with Crippen LogP contribution in [0.3, 0.4) is 0 Å². The lowest BCUT2D eigenvalue weighted by Crippen LogP contribution is -2.23. The molecule has 0 fully saturated rings. The first-order valence-corrected chi connectivity index (χ1v) is 8.43. The number of thiophene rings is 1. The van der Waals surface area contributed by atoms with Gasteiger partial charge in [0.15, 0.2) is 17.8 Å². The molecule has 0 atom stereocenters. The van der Waals surface area contributed by atoms with Crippen LogP contribution in [0.2, 0.25) is 0 Å². The molecule has 0 aliphatic carbocycles. The van der Waals surface area contributed by atoms with Crippen LogP contribution in [0, 0.1) is 6.92 Å². The Kier molecular flexibility index (Phi) is 5.04. The van der Waals surface area contributed by atoms with Gasteiger partial charge in [0.2, 0.25) is 0 Å². The second kappa shape index (κ2) is 7.40. The van der Waals surface area contributed by atoms with Crippen LogP contribution < -0.4 is 14.8 Å². The van der Waals surface area contributed by atoms with E-state index >= 15 is 0 Å². The van der Waals surface area contributed by atoms with E-state index in [2.05, 4.69) is 10.3 Å². The van der Waals surface area contributed by atoms with E-state index in [1.165, 1.54) is 6.39 Å². The Balaban J connectivity index is 1.75. The van der Waals surface area contributed by atoms with E-state index in [-0.39, 0.29) is 11.6 Å². The maximum atomic E-state index is 12.5. The first kappa shape index (κ1) is 17.0. The van der Waals surface area contributed by atoms with Crippen molar-refractivity contribution in [1.29, 1.82) is 0 Å². The number of nitrogens with zero attached hydrogens (tertiary/aromatic N) is 1. The van der Waals surface area contributed by atoms with Crippen molar-refractivity contribution < 1.29 is 18.7 Å². The summed E-state index contributed by atoms with van der Waals surface area (Å²) in [5.74, 6) is 1.53. The molecule has 0 spiro atoms. The Labute approximate surface area is 149 Å². The third kappa shape index (κ3) is 3.66. The number of methoxy groups -OCH3 is 2. The number of hydrogen-bond acceptors (Lipinski definition) is 6. The Morgan fingerprint density at radius 2 is 2.08 bits per heavy atom. The summed E-state index contributed by atoms with van der Waals surface area (Å²) in [6.45, 7) is 2.31. The highest BCUT2D eigenvalue weighted by Gasteiger charge is 2.19. The number of rotatable bonds is 6. The lowest BCUT2D eigenvalue weighted by Gasteiger charge is -2.11. The minimum absolute atomic E-state index is 0.273. The Hall–Kier alpha value is -2.80. The lowest BCUT2D eigenvalue weighted by atomic mass is 10.2. The van der Waals surface area contributed by atoms with Crippen LogP contribution in [0.5, 0.6) is 11.5 Å². The molecule has 0 bridgehead atoms. The minimum atomic E-state index is -0.298. The monoisotopic (exact) mass is 358 g/mol. The van der Waals surface area contributed by atoms with Gasteiger partial charge in [0, 0.05) is 23.1 Å². The number of aromatic nitrogens is 1. The van der Waals surface area contributed by atoms with Crippen molar-refractivity contribution in [3.63, 3.8) is 0 Å². The van der Waals surface area contributed by atoms with Gasteiger partial charge in [-0.25, -0.2) is 4.98 Å². The van der Waals surface area contributed by atoms with Gasteiger partial charge >= 0.3 is 0 Å². The highest BCUT2D eigenvalue weighted by Crippen LogP contribution is 2.30. The van der Waals surface area contributed by atoms with Gasteiger partial charge in [-0.05, 0) is 31.2 Å². The highest BCUT2D eigenvalue weighted by molar-refractivity contribution is 7.15. The number of ether oxygens (including phenoxy) is 2. The number of benzene rings is 1. The zero-order valence-electron chi connectivity index (χ0n) is 14.2. The third-order valence-corrected chi connectivity index (χ3v) is 4.68. The van der Waals surface area contributed by atoms with Crippen LogP contribution in [0.4, 0.5) is 0 Å². The minimum Gasteiger partial charge on any atom is -0.497 e. The number of carbonyl (C=O) groups is 1. The van der Waals surface area contributed by atoms with Gasteiger partial charge in [0.05, 0.1) is 19.1 Å². The fourth-order valence-corrected chi connectivity index (χ4v) is 3.25. The van der Waals surface area contributed by atoms with Crippen LogP contribution in [-0.4, -0.2) is 25.1 Å². The first-order valence-electron chi connectivity index (χ1n) is 7.61. The average molecular weight is 358 g/mol. The Bertz CT molecular complexity index is 885. The summed E-state index contributed by atoms with van der Waals surface area (Å²) in [6, 6.07) is 9.35. The lowest BCUT2D eigenvalue weighted by molar-refractivity contribution is 0.0946. The molecule has 130 valence electrons. The van der Waals surface area contributed by atoms with Gasteiger partial charge in [-0.3, -0.25) is 4.79 Å². The average Bonchev–Trinajstić information content (AvgIpc) is 3.28. The quantitative estimate of drug-likeness (QED) is 0.728. The molecule has 25 heavy (non-hydrogen) atoms. The van der Waals surface area contributed by atoms with Gasteiger partial charge in [-0.15, -0.1) is 11.3 Å². The van der Waals surface area contributed by atoms with Gasteiger partial charge < -0.3 is 19.2 Å². The molecule has 6 nitrogen and oxygen atoms in total. The van der Waals surface area contributed by atoms with E-state index in [0.717, 1.165) is 15.3 Å². The topological polar surface area (TPSA) is 73.6 Å². The van der Waals surface area contributed by atoms with E-state index in [1.807, 2.05) is 31.2 Å². The molecule has 0 radical (unpaired) electrons. The van der Waals surface area contributed by atoms with Crippen LogP contribution in [0.25, 0.3) is 10.6 Å². The van der Waals surface area contributed by atoms with E-state index in [1.54, 1.807) is 31.6 Å². The number of amides is 1. The maximum Gasteiger partial charge on any atom is 0.274 e. The standard InChI is InChI=1S/C18H18N2O4S/c1-11-4-7-15(25-11)17-16(20-10-24-17)18(21)19-9-12-5-6-13(22-2)8-14(12)23-3/h4-8,10H,9H2,1-3H3,(H,19,21). The largest absolute Gasteiger partial charge is 0.497 e. The number of nitrogens with one attached hydrogen (secondary N) is 1. The molecule has 0 unspecified atom stereocenters. The molecule has 7 heteroatoms. The summed E-state index contributed by atoms with van der Waals surface area (Å²) in [5.41, 5.74) is 1.11. The van der Waals surface area contributed by atoms with Gasteiger partial charge in [-0.1, -0.05) is 0 Å². The molecule has 1 amide bonds. The van der Waals surface area contributed by atoms with Crippen molar-refractivity contribution in [3.05, 3.63) is 52.9 Å². The van der Waals surface area contributed by atoms with Crippen LogP contribution in [-0.2, 0) is 6.54 Å². The van der Waals surface area contributed by atoms with E-state index in [9.17, 15) is 4.79 Å². The summed E-state index contributed by atoms with van der Waals surface area (Å²) in [4.78, 5) is 18.6. The molecule has 2 heterocycles. The molecular formula is C18H18N2O4S. The summed E-state index contributed by atoms with van der Waals surface area (Å²) < 4.78 is 15.9. The second-order valence-electron chi connectivity index (χ2n) is 5.30. The van der Waals surface area contributed by atoms with Crippen LogP contribution >= 0.6 is 11.3 Å². The van der Waals surface area contributed by atoms with Gasteiger partial charge in [0.25, 0.3) is 5.91 Å². The summed E-state index contributed by atoms with van der Waals surface area (Å²) in [6.07, 6.45) is 1.28. The molecule has 0 saturated heterocycles. The van der Waals surface area contributed by atoms with Crippen molar-refractivity contribution in [2.24, 2.45) is 0 Å². The molecule has 0 aliphatic heterocycles. The van der Waals surface area contributed by atoms with Crippen molar-refractivity contribution in [3.8, 4) is 22.1 Å². The fraction of sp³-hybridized carbons (Fsp3) is 0.222. The van der Waals surface area contributed by atoms with Crippen molar-refractivity contribution in [1.82, 2.24) is 10.3 Å². The predicted molar refractivity (Wildman–Crippen MR) is 95.3 cm³/mol. The summed E-state index contributed by atoms with van der Waals surface area (Å²) >= 11 is 1.55. The number of aryl methyl sites for hydroxylation is 1. The van der Waals surface area contributed by atoms with Gasteiger partial charge in [0.1, 0.15) is 11.5 Å². The van der Waals surface area contributed by atoms with E-state index in [4.69, 9.17) is 13.9 Å². The molecule has 2 aromatic heterocycles. The summed E-state index contributed by atoms with van der Waals surface area (Å²) in [5, 5.41) is 2.85. The SMILES string of the molecule is COc1ccc(CNC(=O)c2ncoc2-c2ccc(C)s2)c(OC)c1. The number of hydrogen-bond donors (Lipinski definition) is 1. The van der Waals surface area contributed by atoms with Crippen LogP contribution in [0.15, 0.2) is 41.1 Å². The smallest absolute Gasteiger partial charge is 0.274 e. The predicted octanol–water partition coefficient (Wildman–Crippen LogP) is 3.66. The Morgan fingerprint density at radius 1 is 1.24 bits per heavy atom. The second-order valence-corrected chi connectivity index (χ2v) is 6.59. The van der Waals surface area contributed by atoms with Crippen molar-refractivity contribution in [2.75, 3.05) is 14.2 Å². The van der Waals surface area contributed by atoms with Crippen LogP contribution in [0.1, 0.15) is 20.9 Å². The highest BCUT2D eigenvalue weighted by atomic mass is 32.1. The van der Waals surface area contributed by atoms with E-state index in [0.29, 0.717) is 23.8 Å². The molecule has 0 aliphatic rings. The zero-order chi connectivity index (χ0) is 17.8. The fourth-order valence-electron chi connectivity index (χ4n) is 2.40. The molecular weight excluding hydrogens is 340 g/mol. The molecule has 1 aromatic carbocycles. The third-order valence-electron chi connectivity index (χ3n) is 3.68. The zero-order valence-corrected chi connectivity index (χ0v) is 15.0. The first-order chi connectivity index (χ1) is 12.1. The maximum absolute atomic E-state index is 12.5. The van der Waals surface area contributed by atoms with Gasteiger partial charge in [-0.2, -0.15) is 0 Å². The molecule has 1 N–H and O–H groups in total. The van der Waals surface area contributed by atoms with Crippen molar-refractivity contribution >= 4 is 17.2 Å². The molecule has 3 rings (SSSR count).